The van der Waals surface area contributed by atoms with Crippen LogP contribution in [0.2, 0.25) is 0 Å². The van der Waals surface area contributed by atoms with E-state index < -0.39 is 10.0 Å². The standard InChI is InChI=1S/C22H24N2O3S2/c1-27-19-8-10-20(11-9-19)29(25,26)23-15-21(22-7-4-14-28-22)24-13-12-17-5-2-3-6-18(17)16-24/h2-11,14,21,23H,12-13,15-16H2,1H3/t21-/m1/s1. The van der Waals surface area contributed by atoms with Gasteiger partial charge in [-0.05, 0) is 53.3 Å². The number of hydrogen-bond donors (Lipinski definition) is 1. The van der Waals surface area contributed by atoms with Gasteiger partial charge in [0.05, 0.1) is 18.0 Å². The fourth-order valence-electron chi connectivity index (χ4n) is 3.70. The second kappa shape index (κ2) is 8.67. The molecule has 0 amide bonds. The molecule has 7 heteroatoms. The van der Waals surface area contributed by atoms with Crippen molar-refractivity contribution in [1.82, 2.24) is 9.62 Å². The van der Waals surface area contributed by atoms with E-state index in [1.165, 1.54) is 16.0 Å². The van der Waals surface area contributed by atoms with Gasteiger partial charge in [-0.2, -0.15) is 0 Å². The Hall–Kier alpha value is -2.19. The summed E-state index contributed by atoms with van der Waals surface area (Å²) in [5, 5.41) is 2.04. The SMILES string of the molecule is COc1ccc(S(=O)(=O)NC[C@H](c2cccs2)N2CCc3ccccc3C2)cc1. The summed E-state index contributed by atoms with van der Waals surface area (Å²) in [4.78, 5) is 3.78. The molecule has 0 saturated carbocycles. The molecule has 0 radical (unpaired) electrons. The molecule has 1 aromatic heterocycles. The summed E-state index contributed by atoms with van der Waals surface area (Å²) in [6.07, 6.45) is 0.975. The zero-order valence-electron chi connectivity index (χ0n) is 16.2. The largest absolute Gasteiger partial charge is 0.497 e. The molecule has 152 valence electrons. The smallest absolute Gasteiger partial charge is 0.240 e. The Morgan fingerprint density at radius 1 is 1.07 bits per heavy atom. The molecule has 0 spiro atoms. The van der Waals surface area contributed by atoms with E-state index in [0.717, 1.165) is 19.5 Å². The van der Waals surface area contributed by atoms with Crippen molar-refractivity contribution in [2.24, 2.45) is 0 Å². The van der Waals surface area contributed by atoms with Crippen molar-refractivity contribution in [3.8, 4) is 5.75 Å². The average molecular weight is 429 g/mol. The first-order valence-corrected chi connectivity index (χ1v) is 11.9. The molecule has 0 bridgehead atoms. The lowest BCUT2D eigenvalue weighted by molar-refractivity contribution is 0.183. The molecule has 1 aliphatic heterocycles. The number of rotatable bonds is 7. The van der Waals surface area contributed by atoms with E-state index in [4.69, 9.17) is 4.74 Å². The fourth-order valence-corrected chi connectivity index (χ4v) is 5.60. The Balaban J connectivity index is 1.52. The van der Waals surface area contributed by atoms with Gasteiger partial charge in [0.15, 0.2) is 0 Å². The second-order valence-corrected chi connectivity index (χ2v) is 9.79. The van der Waals surface area contributed by atoms with E-state index in [1.54, 1.807) is 42.7 Å². The minimum atomic E-state index is -3.60. The number of fused-ring (bicyclic) bond motifs is 1. The number of nitrogens with one attached hydrogen (secondary N) is 1. The fraction of sp³-hybridized carbons (Fsp3) is 0.273. The lowest BCUT2D eigenvalue weighted by Gasteiger charge is -2.35. The van der Waals surface area contributed by atoms with Crippen LogP contribution in [0, 0.1) is 0 Å². The van der Waals surface area contributed by atoms with E-state index in [9.17, 15) is 8.42 Å². The molecule has 5 nitrogen and oxygen atoms in total. The van der Waals surface area contributed by atoms with Crippen LogP contribution in [0.15, 0.2) is 70.9 Å². The Morgan fingerprint density at radius 2 is 1.83 bits per heavy atom. The van der Waals surface area contributed by atoms with Crippen LogP contribution in [0.4, 0.5) is 0 Å². The van der Waals surface area contributed by atoms with Crippen molar-refractivity contribution in [2.75, 3.05) is 20.2 Å². The van der Waals surface area contributed by atoms with Crippen LogP contribution < -0.4 is 9.46 Å². The van der Waals surface area contributed by atoms with Crippen LogP contribution in [-0.4, -0.2) is 33.5 Å². The van der Waals surface area contributed by atoms with E-state index in [0.29, 0.717) is 12.3 Å². The third kappa shape index (κ3) is 4.53. The maximum absolute atomic E-state index is 12.8. The van der Waals surface area contributed by atoms with E-state index >= 15 is 0 Å². The zero-order chi connectivity index (χ0) is 20.3. The van der Waals surface area contributed by atoms with Crippen LogP contribution in [0.1, 0.15) is 22.0 Å². The molecule has 1 N–H and O–H groups in total. The molecule has 29 heavy (non-hydrogen) atoms. The van der Waals surface area contributed by atoms with Gasteiger partial charge < -0.3 is 4.74 Å². The van der Waals surface area contributed by atoms with Gasteiger partial charge in [0.1, 0.15) is 5.75 Å². The molecule has 1 atom stereocenters. The van der Waals surface area contributed by atoms with Crippen LogP contribution in [0.5, 0.6) is 5.75 Å². The monoisotopic (exact) mass is 428 g/mol. The first-order chi connectivity index (χ1) is 14.1. The zero-order valence-corrected chi connectivity index (χ0v) is 17.9. The van der Waals surface area contributed by atoms with Crippen molar-refractivity contribution < 1.29 is 13.2 Å². The number of nitrogens with zero attached hydrogens (tertiary/aromatic N) is 1. The molecular formula is C22H24N2O3S2. The third-order valence-corrected chi connectivity index (χ3v) is 7.72. The van der Waals surface area contributed by atoms with Crippen molar-refractivity contribution in [2.45, 2.75) is 23.9 Å². The summed E-state index contributed by atoms with van der Waals surface area (Å²) in [5.41, 5.74) is 2.70. The predicted molar refractivity (Wildman–Crippen MR) is 116 cm³/mol. The maximum Gasteiger partial charge on any atom is 0.240 e. The van der Waals surface area contributed by atoms with Crippen LogP contribution in [0.3, 0.4) is 0 Å². The van der Waals surface area contributed by atoms with Crippen molar-refractivity contribution in [3.05, 3.63) is 82.0 Å². The molecule has 3 aromatic rings. The highest BCUT2D eigenvalue weighted by Gasteiger charge is 2.27. The maximum atomic E-state index is 12.8. The molecule has 2 aromatic carbocycles. The minimum absolute atomic E-state index is 0.00335. The molecule has 0 fully saturated rings. The molecule has 4 rings (SSSR count). The van der Waals surface area contributed by atoms with Gasteiger partial charge >= 0.3 is 0 Å². The van der Waals surface area contributed by atoms with Crippen LogP contribution in [-0.2, 0) is 23.0 Å². The van der Waals surface area contributed by atoms with E-state index in [1.807, 2.05) is 11.4 Å². The van der Waals surface area contributed by atoms with Gasteiger partial charge in [-0.1, -0.05) is 30.3 Å². The first-order valence-electron chi connectivity index (χ1n) is 9.55. The number of methoxy groups -OCH3 is 1. The van der Waals surface area contributed by atoms with Gasteiger partial charge in [-0.15, -0.1) is 11.3 Å². The summed E-state index contributed by atoms with van der Waals surface area (Å²) in [6, 6.07) is 19.0. The summed E-state index contributed by atoms with van der Waals surface area (Å²) < 4.78 is 33.6. The molecule has 0 saturated heterocycles. The van der Waals surface area contributed by atoms with Gasteiger partial charge in [0.25, 0.3) is 0 Å². The van der Waals surface area contributed by atoms with Gasteiger partial charge in [-0.25, -0.2) is 13.1 Å². The topological polar surface area (TPSA) is 58.6 Å². The normalized spacial score (nSPS) is 15.6. The van der Waals surface area contributed by atoms with Gasteiger partial charge in [0, 0.05) is 24.5 Å². The third-order valence-electron chi connectivity index (χ3n) is 5.31. The van der Waals surface area contributed by atoms with Crippen molar-refractivity contribution >= 4 is 21.4 Å². The highest BCUT2D eigenvalue weighted by molar-refractivity contribution is 7.89. The Bertz CT molecular complexity index is 1050. The number of benzene rings is 2. The van der Waals surface area contributed by atoms with E-state index in [-0.39, 0.29) is 10.9 Å². The van der Waals surface area contributed by atoms with Gasteiger partial charge in [-0.3, -0.25) is 4.90 Å². The average Bonchev–Trinajstić information content (AvgIpc) is 3.28. The number of hydrogen-bond acceptors (Lipinski definition) is 5. The lowest BCUT2D eigenvalue weighted by Crippen LogP contribution is -2.40. The summed E-state index contributed by atoms with van der Waals surface area (Å²) in [6.45, 7) is 2.06. The van der Waals surface area contributed by atoms with Crippen molar-refractivity contribution in [1.29, 1.82) is 0 Å². The second-order valence-electron chi connectivity index (χ2n) is 7.05. The molecule has 1 aliphatic rings. The van der Waals surface area contributed by atoms with Crippen molar-refractivity contribution in [3.63, 3.8) is 0 Å². The Kier molecular flexibility index (Phi) is 6.01. The number of sulfonamides is 1. The Labute approximate surface area is 176 Å². The molecular weight excluding hydrogens is 404 g/mol. The number of thiophene rings is 1. The predicted octanol–water partition coefficient (Wildman–Crippen LogP) is 3.83. The summed E-state index contributed by atoms with van der Waals surface area (Å²) >= 11 is 1.66. The van der Waals surface area contributed by atoms with Crippen LogP contribution in [0.25, 0.3) is 0 Å². The molecule has 0 unspecified atom stereocenters. The van der Waals surface area contributed by atoms with E-state index in [2.05, 4.69) is 40.0 Å². The Morgan fingerprint density at radius 3 is 2.52 bits per heavy atom. The first kappa shape index (κ1) is 20.1. The molecule has 0 aliphatic carbocycles. The summed E-state index contributed by atoms with van der Waals surface area (Å²) in [5.74, 6) is 0.632. The minimum Gasteiger partial charge on any atom is -0.497 e. The molecule has 2 heterocycles. The highest BCUT2D eigenvalue weighted by Crippen LogP contribution is 2.30. The lowest BCUT2D eigenvalue weighted by atomic mass is 9.98. The van der Waals surface area contributed by atoms with Crippen LogP contribution >= 0.6 is 11.3 Å². The quantitative estimate of drug-likeness (QED) is 0.621. The summed E-state index contributed by atoms with van der Waals surface area (Å²) in [7, 11) is -2.04. The number of ether oxygens (including phenoxy) is 1. The van der Waals surface area contributed by atoms with Gasteiger partial charge in [0.2, 0.25) is 10.0 Å². The highest BCUT2D eigenvalue weighted by atomic mass is 32.2.